The molecule has 0 bridgehead atoms. The van der Waals surface area contributed by atoms with Gasteiger partial charge in [-0.05, 0) is 31.2 Å². The van der Waals surface area contributed by atoms with Crippen LogP contribution in [0.5, 0.6) is 0 Å². The molecule has 2 rings (SSSR count). The van der Waals surface area contributed by atoms with Gasteiger partial charge in [0.2, 0.25) is 0 Å². The van der Waals surface area contributed by atoms with Gasteiger partial charge in [-0.1, -0.05) is 15.9 Å². The Morgan fingerprint density at radius 3 is 2.75 bits per heavy atom. The molecule has 2 heteroatoms. The van der Waals surface area contributed by atoms with E-state index in [-0.39, 0.29) is 0 Å². The van der Waals surface area contributed by atoms with E-state index in [4.69, 9.17) is 0 Å². The molecule has 1 aromatic carbocycles. The molecule has 0 fully saturated rings. The second kappa shape index (κ2) is 2.63. The monoisotopic (exact) mass is 223 g/mol. The fourth-order valence-electron chi connectivity index (χ4n) is 1.46. The lowest BCUT2D eigenvalue weighted by Gasteiger charge is -1.97. The van der Waals surface area contributed by atoms with Crippen LogP contribution in [0.15, 0.2) is 28.7 Å². The molecule has 0 amide bonds. The number of halogens is 1. The van der Waals surface area contributed by atoms with Crippen molar-refractivity contribution in [1.29, 1.82) is 0 Å². The average Bonchev–Trinajstić information content (AvgIpc) is 2.28. The van der Waals surface area contributed by atoms with Gasteiger partial charge in [0.15, 0.2) is 0 Å². The molecular weight excluding hydrogens is 214 g/mol. The summed E-state index contributed by atoms with van der Waals surface area (Å²) in [5.41, 5.74) is 2.58. The normalized spacial score (nSPS) is 10.9. The minimum absolute atomic E-state index is 1.14. The minimum Gasteiger partial charge on any atom is -0.348 e. The van der Waals surface area contributed by atoms with Crippen molar-refractivity contribution in [3.05, 3.63) is 34.4 Å². The zero-order valence-corrected chi connectivity index (χ0v) is 8.72. The lowest BCUT2D eigenvalue weighted by molar-refractivity contribution is 0.918. The lowest BCUT2D eigenvalue weighted by atomic mass is 10.2. The fourth-order valence-corrected chi connectivity index (χ4v) is 1.84. The third kappa shape index (κ3) is 1.07. The van der Waals surface area contributed by atoms with Gasteiger partial charge in [0.05, 0.1) is 0 Å². The molecule has 12 heavy (non-hydrogen) atoms. The number of benzene rings is 1. The summed E-state index contributed by atoms with van der Waals surface area (Å²) in [6, 6.07) is 8.54. The number of fused-ring (bicyclic) bond motifs is 1. The first-order valence-electron chi connectivity index (χ1n) is 3.90. The van der Waals surface area contributed by atoms with Gasteiger partial charge in [-0.25, -0.2) is 0 Å². The third-order valence-electron chi connectivity index (χ3n) is 2.24. The number of hydrogen-bond acceptors (Lipinski definition) is 0. The maximum atomic E-state index is 3.46. The first-order chi connectivity index (χ1) is 5.68. The predicted molar refractivity (Wildman–Crippen MR) is 55.4 cm³/mol. The Kier molecular flexibility index (Phi) is 1.72. The Bertz CT molecular complexity index is 429. The zero-order valence-electron chi connectivity index (χ0n) is 7.13. The highest BCUT2D eigenvalue weighted by Crippen LogP contribution is 2.22. The summed E-state index contributed by atoms with van der Waals surface area (Å²) in [5.74, 6) is 0. The van der Waals surface area contributed by atoms with Crippen molar-refractivity contribution in [3.8, 4) is 0 Å². The molecule has 1 heterocycles. The number of aryl methyl sites for hydroxylation is 2. The Labute approximate surface area is 80.1 Å². The second-order valence-corrected chi connectivity index (χ2v) is 3.96. The van der Waals surface area contributed by atoms with E-state index in [9.17, 15) is 0 Å². The topological polar surface area (TPSA) is 4.93 Å². The summed E-state index contributed by atoms with van der Waals surface area (Å²) < 4.78 is 3.34. The van der Waals surface area contributed by atoms with E-state index in [0.717, 1.165) is 4.47 Å². The van der Waals surface area contributed by atoms with Gasteiger partial charge in [-0.2, -0.15) is 0 Å². The summed E-state index contributed by atoms with van der Waals surface area (Å²) in [4.78, 5) is 0. The molecule has 2 aromatic rings. The Morgan fingerprint density at radius 2 is 2.00 bits per heavy atom. The molecule has 0 aliphatic rings. The van der Waals surface area contributed by atoms with Crippen molar-refractivity contribution >= 4 is 26.8 Å². The summed E-state index contributed by atoms with van der Waals surface area (Å²) in [6.45, 7) is 2.12. The third-order valence-corrected chi connectivity index (χ3v) is 2.74. The van der Waals surface area contributed by atoms with Crippen molar-refractivity contribution in [2.75, 3.05) is 0 Å². The van der Waals surface area contributed by atoms with Crippen LogP contribution in [0.2, 0.25) is 0 Å². The largest absolute Gasteiger partial charge is 0.348 e. The first-order valence-corrected chi connectivity index (χ1v) is 4.69. The van der Waals surface area contributed by atoms with E-state index < -0.39 is 0 Å². The van der Waals surface area contributed by atoms with Gasteiger partial charge in [0.25, 0.3) is 0 Å². The maximum absolute atomic E-state index is 3.46. The molecule has 0 aliphatic heterocycles. The predicted octanol–water partition coefficient (Wildman–Crippen LogP) is 3.25. The van der Waals surface area contributed by atoms with Crippen molar-refractivity contribution < 1.29 is 0 Å². The summed E-state index contributed by atoms with van der Waals surface area (Å²) in [5, 5.41) is 1.30. The van der Waals surface area contributed by atoms with Crippen LogP contribution in [0.3, 0.4) is 0 Å². The van der Waals surface area contributed by atoms with Gasteiger partial charge >= 0.3 is 0 Å². The van der Waals surface area contributed by atoms with Crippen LogP contribution in [0.25, 0.3) is 10.9 Å². The van der Waals surface area contributed by atoms with E-state index in [1.54, 1.807) is 0 Å². The highest BCUT2D eigenvalue weighted by atomic mass is 79.9. The van der Waals surface area contributed by atoms with Crippen LogP contribution in [-0.2, 0) is 7.05 Å². The molecule has 0 radical (unpaired) electrons. The zero-order chi connectivity index (χ0) is 8.72. The Balaban J connectivity index is 2.87. The molecule has 0 aliphatic carbocycles. The molecule has 62 valence electrons. The van der Waals surface area contributed by atoms with Crippen LogP contribution in [-0.4, -0.2) is 4.57 Å². The van der Waals surface area contributed by atoms with E-state index in [1.807, 2.05) is 0 Å². The highest BCUT2D eigenvalue weighted by Gasteiger charge is 2.00. The summed E-state index contributed by atoms with van der Waals surface area (Å²) in [6.07, 6.45) is 0. The molecule has 0 atom stereocenters. The summed E-state index contributed by atoms with van der Waals surface area (Å²) >= 11 is 3.46. The Morgan fingerprint density at radius 1 is 1.25 bits per heavy atom. The van der Waals surface area contributed by atoms with Crippen molar-refractivity contribution in [3.63, 3.8) is 0 Å². The molecule has 0 unspecified atom stereocenters. The van der Waals surface area contributed by atoms with Crippen LogP contribution in [0.1, 0.15) is 5.69 Å². The standard InChI is InChI=1S/C10H10BrN/c1-7-5-8-6-9(11)3-4-10(8)12(7)2/h3-6H,1-2H3. The Hall–Kier alpha value is -0.760. The number of rotatable bonds is 0. The number of hydrogen-bond donors (Lipinski definition) is 0. The highest BCUT2D eigenvalue weighted by molar-refractivity contribution is 9.10. The van der Waals surface area contributed by atoms with E-state index in [2.05, 4.69) is 58.7 Å². The fraction of sp³-hybridized carbons (Fsp3) is 0.200. The molecule has 1 aromatic heterocycles. The van der Waals surface area contributed by atoms with Gasteiger partial charge in [-0.3, -0.25) is 0 Å². The average molecular weight is 224 g/mol. The van der Waals surface area contributed by atoms with Gasteiger partial charge in [-0.15, -0.1) is 0 Å². The van der Waals surface area contributed by atoms with Crippen molar-refractivity contribution in [1.82, 2.24) is 4.57 Å². The second-order valence-electron chi connectivity index (χ2n) is 3.05. The maximum Gasteiger partial charge on any atom is 0.0480 e. The minimum atomic E-state index is 1.14. The molecule has 0 N–H and O–H groups in total. The van der Waals surface area contributed by atoms with E-state index in [1.165, 1.54) is 16.6 Å². The SMILES string of the molecule is Cc1cc2cc(Br)ccc2n1C. The first kappa shape index (κ1) is 7.87. The van der Waals surface area contributed by atoms with Crippen molar-refractivity contribution in [2.45, 2.75) is 6.92 Å². The van der Waals surface area contributed by atoms with Crippen LogP contribution in [0.4, 0.5) is 0 Å². The lowest BCUT2D eigenvalue weighted by Crippen LogP contribution is -1.88. The number of nitrogens with zero attached hydrogens (tertiary/aromatic N) is 1. The van der Waals surface area contributed by atoms with Gasteiger partial charge in [0.1, 0.15) is 0 Å². The molecule has 1 nitrogen and oxygen atoms in total. The summed E-state index contributed by atoms with van der Waals surface area (Å²) in [7, 11) is 2.09. The van der Waals surface area contributed by atoms with Crippen molar-refractivity contribution in [2.24, 2.45) is 7.05 Å². The molecule has 0 spiro atoms. The number of aromatic nitrogens is 1. The van der Waals surface area contributed by atoms with E-state index in [0.29, 0.717) is 0 Å². The van der Waals surface area contributed by atoms with Gasteiger partial charge in [0, 0.05) is 28.1 Å². The molecular formula is C10H10BrN. The quantitative estimate of drug-likeness (QED) is 0.647. The van der Waals surface area contributed by atoms with Crippen LogP contribution in [0, 0.1) is 6.92 Å². The van der Waals surface area contributed by atoms with Crippen LogP contribution < -0.4 is 0 Å². The molecule has 0 saturated heterocycles. The molecule has 0 saturated carbocycles. The van der Waals surface area contributed by atoms with Crippen LogP contribution >= 0.6 is 15.9 Å². The van der Waals surface area contributed by atoms with E-state index >= 15 is 0 Å². The smallest absolute Gasteiger partial charge is 0.0480 e. The van der Waals surface area contributed by atoms with Gasteiger partial charge < -0.3 is 4.57 Å².